The third kappa shape index (κ3) is 2.16. The van der Waals surface area contributed by atoms with Crippen LogP contribution in [0.1, 0.15) is 32.1 Å². The maximum atomic E-state index is 11.8. The Balaban J connectivity index is 1.75. The van der Waals surface area contributed by atoms with Crippen molar-refractivity contribution >= 4 is 5.91 Å². The SMILES string of the molecule is CN1CCCC1CNC(=O)C1(N)CCC1. The molecule has 0 aromatic carbocycles. The zero-order valence-electron chi connectivity index (χ0n) is 9.46. The van der Waals surface area contributed by atoms with Crippen molar-refractivity contribution in [1.82, 2.24) is 10.2 Å². The van der Waals surface area contributed by atoms with Gasteiger partial charge in [-0.25, -0.2) is 0 Å². The van der Waals surface area contributed by atoms with Crippen molar-refractivity contribution in [2.45, 2.75) is 43.7 Å². The number of likely N-dealkylation sites (N-methyl/N-ethyl adjacent to an activating group) is 1. The van der Waals surface area contributed by atoms with Crippen molar-refractivity contribution in [3.63, 3.8) is 0 Å². The molecule has 4 heteroatoms. The first-order chi connectivity index (χ1) is 7.12. The van der Waals surface area contributed by atoms with Gasteiger partial charge in [-0.3, -0.25) is 4.79 Å². The second kappa shape index (κ2) is 4.10. The summed E-state index contributed by atoms with van der Waals surface area (Å²) in [7, 11) is 2.12. The molecule has 15 heavy (non-hydrogen) atoms. The van der Waals surface area contributed by atoms with Crippen LogP contribution in [0.15, 0.2) is 0 Å². The van der Waals surface area contributed by atoms with Crippen LogP contribution in [0, 0.1) is 0 Å². The second-order valence-corrected chi connectivity index (χ2v) is 5.00. The first-order valence-corrected chi connectivity index (χ1v) is 5.89. The molecule has 0 aromatic rings. The summed E-state index contributed by atoms with van der Waals surface area (Å²) in [5.74, 6) is 0.0500. The van der Waals surface area contributed by atoms with E-state index in [0.717, 1.165) is 32.4 Å². The molecular weight excluding hydrogens is 190 g/mol. The highest BCUT2D eigenvalue weighted by molar-refractivity contribution is 5.87. The number of nitrogens with zero attached hydrogens (tertiary/aromatic N) is 1. The van der Waals surface area contributed by atoms with Gasteiger partial charge in [-0.15, -0.1) is 0 Å². The number of carbonyl (C=O) groups excluding carboxylic acids is 1. The summed E-state index contributed by atoms with van der Waals surface area (Å²) in [6.45, 7) is 1.91. The number of nitrogens with two attached hydrogens (primary N) is 1. The summed E-state index contributed by atoms with van der Waals surface area (Å²) in [5.41, 5.74) is 5.40. The molecule has 2 rings (SSSR count). The van der Waals surface area contributed by atoms with E-state index in [4.69, 9.17) is 5.73 Å². The molecule has 0 spiro atoms. The van der Waals surface area contributed by atoms with Gasteiger partial charge in [0.2, 0.25) is 5.91 Å². The van der Waals surface area contributed by atoms with E-state index in [1.54, 1.807) is 0 Å². The van der Waals surface area contributed by atoms with E-state index in [1.807, 2.05) is 0 Å². The Morgan fingerprint density at radius 2 is 2.27 bits per heavy atom. The minimum absolute atomic E-state index is 0.0500. The number of nitrogens with one attached hydrogen (secondary N) is 1. The Bertz CT molecular complexity index is 250. The molecule has 0 bridgehead atoms. The van der Waals surface area contributed by atoms with Crippen molar-refractivity contribution < 1.29 is 4.79 Å². The van der Waals surface area contributed by atoms with E-state index in [0.29, 0.717) is 6.04 Å². The van der Waals surface area contributed by atoms with Crippen LogP contribution in [0.25, 0.3) is 0 Å². The maximum Gasteiger partial charge on any atom is 0.240 e. The number of rotatable bonds is 3. The van der Waals surface area contributed by atoms with Gasteiger partial charge in [0.15, 0.2) is 0 Å². The van der Waals surface area contributed by atoms with Crippen LogP contribution >= 0.6 is 0 Å². The van der Waals surface area contributed by atoms with Gasteiger partial charge in [0, 0.05) is 12.6 Å². The second-order valence-electron chi connectivity index (χ2n) is 5.00. The molecule has 1 amide bonds. The van der Waals surface area contributed by atoms with Gasteiger partial charge in [-0.05, 0) is 45.7 Å². The number of likely N-dealkylation sites (tertiary alicyclic amines) is 1. The largest absolute Gasteiger partial charge is 0.353 e. The van der Waals surface area contributed by atoms with Gasteiger partial charge in [-0.1, -0.05) is 0 Å². The predicted molar refractivity (Wildman–Crippen MR) is 59.4 cm³/mol. The lowest BCUT2D eigenvalue weighted by molar-refractivity contribution is -0.129. The number of carbonyl (C=O) groups is 1. The van der Waals surface area contributed by atoms with Gasteiger partial charge in [0.05, 0.1) is 5.54 Å². The summed E-state index contributed by atoms with van der Waals surface area (Å²) < 4.78 is 0. The minimum Gasteiger partial charge on any atom is -0.353 e. The topological polar surface area (TPSA) is 58.4 Å². The molecule has 2 aliphatic rings. The molecule has 2 fully saturated rings. The molecule has 1 saturated carbocycles. The van der Waals surface area contributed by atoms with Gasteiger partial charge in [-0.2, -0.15) is 0 Å². The Kier molecular flexibility index (Phi) is 2.98. The van der Waals surface area contributed by atoms with Crippen LogP contribution in [-0.4, -0.2) is 42.5 Å². The summed E-state index contributed by atoms with van der Waals surface area (Å²) in [6, 6.07) is 0.512. The lowest BCUT2D eigenvalue weighted by Crippen LogP contribution is -2.59. The molecule has 0 aromatic heterocycles. The highest BCUT2D eigenvalue weighted by Gasteiger charge is 2.40. The first-order valence-electron chi connectivity index (χ1n) is 5.89. The van der Waals surface area contributed by atoms with E-state index in [9.17, 15) is 4.79 Å². The number of amides is 1. The fraction of sp³-hybridized carbons (Fsp3) is 0.909. The summed E-state index contributed by atoms with van der Waals surface area (Å²) in [5, 5.41) is 2.99. The van der Waals surface area contributed by atoms with Gasteiger partial charge >= 0.3 is 0 Å². The van der Waals surface area contributed by atoms with Crippen LogP contribution in [-0.2, 0) is 4.79 Å². The highest BCUT2D eigenvalue weighted by Crippen LogP contribution is 2.29. The maximum absolute atomic E-state index is 11.8. The first kappa shape index (κ1) is 10.9. The third-order valence-electron chi connectivity index (χ3n) is 3.87. The summed E-state index contributed by atoms with van der Waals surface area (Å²) in [6.07, 6.45) is 5.21. The van der Waals surface area contributed by atoms with Gasteiger partial charge in [0.1, 0.15) is 0 Å². The average molecular weight is 211 g/mol. The van der Waals surface area contributed by atoms with Crippen molar-refractivity contribution in [1.29, 1.82) is 0 Å². The molecular formula is C11H21N3O. The average Bonchev–Trinajstić information content (AvgIpc) is 2.56. The van der Waals surface area contributed by atoms with E-state index in [2.05, 4.69) is 17.3 Å². The Morgan fingerprint density at radius 1 is 1.53 bits per heavy atom. The van der Waals surface area contributed by atoms with Crippen molar-refractivity contribution in [2.24, 2.45) is 5.73 Å². The van der Waals surface area contributed by atoms with Crippen LogP contribution in [0.4, 0.5) is 0 Å². The Morgan fingerprint density at radius 3 is 2.73 bits per heavy atom. The molecule has 1 saturated heterocycles. The fourth-order valence-corrected chi connectivity index (χ4v) is 2.41. The monoisotopic (exact) mass is 211 g/mol. The van der Waals surface area contributed by atoms with E-state index in [1.165, 1.54) is 12.8 Å². The van der Waals surface area contributed by atoms with Gasteiger partial charge in [0.25, 0.3) is 0 Å². The minimum atomic E-state index is -0.544. The van der Waals surface area contributed by atoms with E-state index >= 15 is 0 Å². The molecule has 86 valence electrons. The molecule has 1 heterocycles. The van der Waals surface area contributed by atoms with Crippen LogP contribution in [0.5, 0.6) is 0 Å². The molecule has 1 unspecified atom stereocenters. The number of hydrogen-bond donors (Lipinski definition) is 2. The lowest BCUT2D eigenvalue weighted by atomic mass is 9.77. The van der Waals surface area contributed by atoms with Crippen molar-refractivity contribution in [2.75, 3.05) is 20.1 Å². The van der Waals surface area contributed by atoms with Gasteiger partial charge < -0.3 is 16.0 Å². The van der Waals surface area contributed by atoms with Crippen LogP contribution in [0.2, 0.25) is 0 Å². The zero-order valence-corrected chi connectivity index (χ0v) is 9.46. The van der Waals surface area contributed by atoms with Crippen LogP contribution < -0.4 is 11.1 Å². The Hall–Kier alpha value is -0.610. The molecule has 4 nitrogen and oxygen atoms in total. The Labute approximate surface area is 91.2 Å². The highest BCUT2D eigenvalue weighted by atomic mass is 16.2. The summed E-state index contributed by atoms with van der Waals surface area (Å²) in [4.78, 5) is 14.1. The molecule has 0 radical (unpaired) electrons. The molecule has 1 aliphatic heterocycles. The number of hydrogen-bond acceptors (Lipinski definition) is 3. The standard InChI is InChI=1S/C11H21N3O/c1-14-7-2-4-9(14)8-13-10(15)11(12)5-3-6-11/h9H,2-8,12H2,1H3,(H,13,15). The predicted octanol–water partition coefficient (Wildman–Crippen LogP) is 0.0782. The summed E-state index contributed by atoms with van der Waals surface area (Å²) >= 11 is 0. The van der Waals surface area contributed by atoms with E-state index in [-0.39, 0.29) is 5.91 Å². The zero-order chi connectivity index (χ0) is 10.9. The normalized spacial score (nSPS) is 29.9. The molecule has 1 aliphatic carbocycles. The lowest BCUT2D eigenvalue weighted by Gasteiger charge is -2.36. The fourth-order valence-electron chi connectivity index (χ4n) is 2.41. The smallest absolute Gasteiger partial charge is 0.240 e. The van der Waals surface area contributed by atoms with Crippen molar-refractivity contribution in [3.05, 3.63) is 0 Å². The van der Waals surface area contributed by atoms with E-state index < -0.39 is 5.54 Å². The van der Waals surface area contributed by atoms with Crippen molar-refractivity contribution in [3.8, 4) is 0 Å². The molecule has 1 atom stereocenters. The quantitative estimate of drug-likeness (QED) is 0.695. The third-order valence-corrected chi connectivity index (χ3v) is 3.87. The van der Waals surface area contributed by atoms with Crippen LogP contribution in [0.3, 0.4) is 0 Å². The molecule has 3 N–H and O–H groups in total.